The Morgan fingerprint density at radius 2 is 1.88 bits per heavy atom. The summed E-state index contributed by atoms with van der Waals surface area (Å²) >= 11 is 0. The van der Waals surface area contributed by atoms with Gasteiger partial charge < -0.3 is 15.4 Å². The Hall–Kier alpha value is -1.45. The first-order chi connectivity index (χ1) is 8.02. The van der Waals surface area contributed by atoms with Crippen LogP contribution < -0.4 is 15.4 Å². The molecule has 1 aliphatic rings. The highest BCUT2D eigenvalue weighted by Crippen LogP contribution is 2.34. The average Bonchev–Trinajstić information content (AvgIpc) is 2.59. The van der Waals surface area contributed by atoms with E-state index in [2.05, 4.69) is 18.7 Å². The molecular weight excluding hydrogens is 219 g/mol. The number of benzene rings is 1. The second-order valence-corrected chi connectivity index (χ2v) is 4.91. The zero-order chi connectivity index (χ0) is 12.6. The highest BCUT2D eigenvalue weighted by atomic mass is 19.1. The van der Waals surface area contributed by atoms with Gasteiger partial charge in [-0.05, 0) is 11.8 Å². The van der Waals surface area contributed by atoms with Crippen LogP contribution in [0.15, 0.2) is 12.1 Å². The Morgan fingerprint density at radius 1 is 1.29 bits per heavy atom. The summed E-state index contributed by atoms with van der Waals surface area (Å²) in [5.41, 5.74) is 6.60. The summed E-state index contributed by atoms with van der Waals surface area (Å²) < 4.78 is 19.0. The van der Waals surface area contributed by atoms with Crippen molar-refractivity contribution >= 4 is 11.4 Å². The van der Waals surface area contributed by atoms with Gasteiger partial charge in [0.1, 0.15) is 11.6 Å². The second kappa shape index (κ2) is 4.43. The van der Waals surface area contributed by atoms with E-state index in [1.807, 2.05) is 0 Å². The fourth-order valence-electron chi connectivity index (χ4n) is 2.30. The van der Waals surface area contributed by atoms with E-state index in [-0.39, 0.29) is 5.82 Å². The van der Waals surface area contributed by atoms with Crippen LogP contribution in [0.4, 0.5) is 15.8 Å². The molecule has 0 spiro atoms. The number of nitrogen functional groups attached to an aromatic ring is 1. The monoisotopic (exact) mass is 238 g/mol. The highest BCUT2D eigenvalue weighted by molar-refractivity contribution is 5.63. The van der Waals surface area contributed by atoms with E-state index in [0.717, 1.165) is 13.1 Å². The molecule has 2 unspecified atom stereocenters. The third-order valence-electron chi connectivity index (χ3n) is 3.63. The van der Waals surface area contributed by atoms with Gasteiger partial charge in [0, 0.05) is 25.2 Å². The van der Waals surface area contributed by atoms with Crippen molar-refractivity contribution in [2.75, 3.05) is 30.8 Å². The maximum atomic E-state index is 13.9. The Kier molecular flexibility index (Phi) is 3.13. The van der Waals surface area contributed by atoms with Crippen molar-refractivity contribution in [2.24, 2.45) is 11.8 Å². The molecule has 2 N–H and O–H groups in total. The van der Waals surface area contributed by atoms with Gasteiger partial charge in [-0.1, -0.05) is 13.8 Å². The van der Waals surface area contributed by atoms with Crippen molar-refractivity contribution < 1.29 is 9.13 Å². The Labute approximate surface area is 101 Å². The normalized spacial score (nSPS) is 24.1. The van der Waals surface area contributed by atoms with Crippen molar-refractivity contribution in [1.29, 1.82) is 0 Å². The summed E-state index contributed by atoms with van der Waals surface area (Å²) in [5.74, 6) is 1.43. The second-order valence-electron chi connectivity index (χ2n) is 4.91. The molecule has 0 radical (unpaired) electrons. The van der Waals surface area contributed by atoms with Crippen molar-refractivity contribution in [3.05, 3.63) is 17.9 Å². The van der Waals surface area contributed by atoms with Crippen LogP contribution in [0.25, 0.3) is 0 Å². The third-order valence-corrected chi connectivity index (χ3v) is 3.63. The lowest BCUT2D eigenvalue weighted by atomic mass is 10.0. The van der Waals surface area contributed by atoms with Crippen molar-refractivity contribution in [1.82, 2.24) is 0 Å². The summed E-state index contributed by atoms with van der Waals surface area (Å²) in [6, 6.07) is 3.03. The Morgan fingerprint density at radius 3 is 2.41 bits per heavy atom. The van der Waals surface area contributed by atoms with E-state index in [9.17, 15) is 4.39 Å². The number of nitrogens with two attached hydrogens (primary N) is 1. The molecule has 2 rings (SSSR count). The number of hydrogen-bond donors (Lipinski definition) is 1. The van der Waals surface area contributed by atoms with E-state index in [1.54, 1.807) is 13.2 Å². The Balaban J connectivity index is 2.33. The van der Waals surface area contributed by atoms with Crippen molar-refractivity contribution in [3.63, 3.8) is 0 Å². The van der Waals surface area contributed by atoms with Gasteiger partial charge in [0.2, 0.25) is 0 Å². The maximum absolute atomic E-state index is 13.9. The molecular formula is C13H19FN2O. The summed E-state index contributed by atoms with van der Waals surface area (Å²) in [4.78, 5) is 2.06. The number of hydrogen-bond acceptors (Lipinski definition) is 3. The molecule has 94 valence electrons. The molecule has 0 saturated carbocycles. The minimum Gasteiger partial charge on any atom is -0.495 e. The maximum Gasteiger partial charge on any atom is 0.148 e. The summed E-state index contributed by atoms with van der Waals surface area (Å²) in [6.07, 6.45) is 0. The standard InChI is InChI=1S/C13H19FN2O/c1-8-6-16(7-9(8)2)12-5-13(17-3)11(15)4-10(12)14/h4-5,8-9H,6-7,15H2,1-3H3. The van der Waals surface area contributed by atoms with Crippen LogP contribution in [0.1, 0.15) is 13.8 Å². The van der Waals surface area contributed by atoms with E-state index in [1.165, 1.54) is 6.07 Å². The number of rotatable bonds is 2. The van der Waals surface area contributed by atoms with E-state index in [0.29, 0.717) is 29.0 Å². The predicted octanol–water partition coefficient (Wildman–Crippen LogP) is 2.51. The summed E-state index contributed by atoms with van der Waals surface area (Å²) in [6.45, 7) is 6.14. The molecule has 1 fully saturated rings. The number of methoxy groups -OCH3 is 1. The fraction of sp³-hybridized carbons (Fsp3) is 0.538. The highest BCUT2D eigenvalue weighted by Gasteiger charge is 2.28. The zero-order valence-electron chi connectivity index (χ0n) is 10.5. The molecule has 0 bridgehead atoms. The van der Waals surface area contributed by atoms with Gasteiger partial charge >= 0.3 is 0 Å². The Bertz CT molecular complexity index is 412. The predicted molar refractivity (Wildman–Crippen MR) is 67.9 cm³/mol. The lowest BCUT2D eigenvalue weighted by Gasteiger charge is -2.20. The smallest absolute Gasteiger partial charge is 0.148 e. The number of ether oxygens (including phenoxy) is 1. The van der Waals surface area contributed by atoms with Gasteiger partial charge in [-0.15, -0.1) is 0 Å². The topological polar surface area (TPSA) is 38.5 Å². The van der Waals surface area contributed by atoms with Crippen LogP contribution in [0, 0.1) is 17.7 Å². The first-order valence-corrected chi connectivity index (χ1v) is 5.91. The van der Waals surface area contributed by atoms with Crippen molar-refractivity contribution in [2.45, 2.75) is 13.8 Å². The van der Waals surface area contributed by atoms with Crippen LogP contribution in [0.2, 0.25) is 0 Å². The first-order valence-electron chi connectivity index (χ1n) is 5.91. The van der Waals surface area contributed by atoms with Gasteiger partial charge in [-0.3, -0.25) is 0 Å². The summed E-state index contributed by atoms with van der Waals surface area (Å²) in [7, 11) is 1.54. The van der Waals surface area contributed by atoms with E-state index in [4.69, 9.17) is 10.5 Å². The summed E-state index contributed by atoms with van der Waals surface area (Å²) in [5, 5.41) is 0. The quantitative estimate of drug-likeness (QED) is 0.805. The molecule has 1 saturated heterocycles. The molecule has 1 aromatic carbocycles. The van der Waals surface area contributed by atoms with Crippen molar-refractivity contribution in [3.8, 4) is 5.75 Å². The van der Waals surface area contributed by atoms with Crippen LogP contribution >= 0.6 is 0 Å². The lowest BCUT2D eigenvalue weighted by molar-refractivity contribution is 0.416. The van der Waals surface area contributed by atoms with Gasteiger partial charge in [0.15, 0.2) is 0 Å². The average molecular weight is 238 g/mol. The molecule has 2 atom stereocenters. The van der Waals surface area contributed by atoms with Crippen LogP contribution in [-0.4, -0.2) is 20.2 Å². The van der Waals surface area contributed by atoms with Gasteiger partial charge in [-0.2, -0.15) is 0 Å². The van der Waals surface area contributed by atoms with Gasteiger partial charge in [0.25, 0.3) is 0 Å². The molecule has 1 heterocycles. The molecule has 1 aromatic rings. The van der Waals surface area contributed by atoms with E-state index < -0.39 is 0 Å². The van der Waals surface area contributed by atoms with Crippen LogP contribution in [-0.2, 0) is 0 Å². The minimum atomic E-state index is -0.274. The molecule has 4 heteroatoms. The fourth-order valence-corrected chi connectivity index (χ4v) is 2.30. The lowest BCUT2D eigenvalue weighted by Crippen LogP contribution is -2.21. The number of halogens is 1. The van der Waals surface area contributed by atoms with Crippen LogP contribution in [0.3, 0.4) is 0 Å². The number of anilines is 2. The van der Waals surface area contributed by atoms with E-state index >= 15 is 0 Å². The SMILES string of the molecule is COc1cc(N2CC(C)C(C)C2)c(F)cc1N. The van der Waals surface area contributed by atoms with Crippen LogP contribution in [0.5, 0.6) is 5.75 Å². The number of nitrogens with zero attached hydrogens (tertiary/aromatic N) is 1. The zero-order valence-corrected chi connectivity index (χ0v) is 10.5. The third kappa shape index (κ3) is 2.16. The van der Waals surface area contributed by atoms with Gasteiger partial charge in [-0.25, -0.2) is 4.39 Å². The minimum absolute atomic E-state index is 0.274. The largest absolute Gasteiger partial charge is 0.495 e. The molecule has 0 amide bonds. The first kappa shape index (κ1) is 12.0. The molecule has 0 aliphatic carbocycles. The molecule has 3 nitrogen and oxygen atoms in total. The van der Waals surface area contributed by atoms with Gasteiger partial charge in [0.05, 0.1) is 18.5 Å². The molecule has 1 aliphatic heterocycles. The molecule has 0 aromatic heterocycles. The molecule has 17 heavy (non-hydrogen) atoms.